The molecule has 0 amide bonds. The SMILES string of the molecule is CC(C)(C)c1noc(CN2CCC3CCC(C2)N3)n1.Cl. The maximum Gasteiger partial charge on any atom is 0.240 e. The Kier molecular flexibility index (Phi) is 4.72. The van der Waals surface area contributed by atoms with E-state index >= 15 is 0 Å². The van der Waals surface area contributed by atoms with Gasteiger partial charge >= 0.3 is 0 Å². The number of halogens is 1. The first kappa shape index (κ1) is 15.7. The van der Waals surface area contributed by atoms with Crippen molar-refractivity contribution >= 4 is 12.4 Å². The van der Waals surface area contributed by atoms with Crippen LogP contribution in [0.25, 0.3) is 0 Å². The highest BCUT2D eigenvalue weighted by atomic mass is 35.5. The molecule has 1 aromatic heterocycles. The van der Waals surface area contributed by atoms with Crippen LogP contribution in [-0.4, -0.2) is 40.2 Å². The number of fused-ring (bicyclic) bond motifs is 2. The molecule has 6 heteroatoms. The third kappa shape index (κ3) is 3.51. The van der Waals surface area contributed by atoms with E-state index in [1.165, 1.54) is 19.3 Å². The number of nitrogens with zero attached hydrogens (tertiary/aromatic N) is 3. The van der Waals surface area contributed by atoms with Gasteiger partial charge in [0.1, 0.15) is 0 Å². The maximum absolute atomic E-state index is 5.39. The Morgan fingerprint density at radius 1 is 1.25 bits per heavy atom. The average molecular weight is 301 g/mol. The molecule has 1 aromatic rings. The van der Waals surface area contributed by atoms with E-state index in [2.05, 4.69) is 41.1 Å². The molecule has 2 saturated heterocycles. The van der Waals surface area contributed by atoms with Crippen LogP contribution >= 0.6 is 12.4 Å². The third-order valence-corrected chi connectivity index (χ3v) is 4.11. The summed E-state index contributed by atoms with van der Waals surface area (Å²) in [5.74, 6) is 1.56. The Labute approximate surface area is 126 Å². The van der Waals surface area contributed by atoms with Crippen molar-refractivity contribution in [1.82, 2.24) is 20.4 Å². The molecule has 3 rings (SSSR count). The summed E-state index contributed by atoms with van der Waals surface area (Å²) in [6.45, 7) is 9.34. The molecular weight excluding hydrogens is 276 g/mol. The first-order valence-electron chi connectivity index (χ1n) is 7.32. The van der Waals surface area contributed by atoms with Crippen LogP contribution in [0.5, 0.6) is 0 Å². The number of hydrogen-bond acceptors (Lipinski definition) is 5. The third-order valence-electron chi connectivity index (χ3n) is 4.11. The summed E-state index contributed by atoms with van der Waals surface area (Å²) in [6.07, 6.45) is 3.88. The number of nitrogens with one attached hydrogen (secondary N) is 1. The van der Waals surface area contributed by atoms with Gasteiger partial charge < -0.3 is 9.84 Å². The van der Waals surface area contributed by atoms with Crippen LogP contribution in [-0.2, 0) is 12.0 Å². The Morgan fingerprint density at radius 2 is 2.00 bits per heavy atom. The summed E-state index contributed by atoms with van der Waals surface area (Å²) in [5.41, 5.74) is -0.0405. The lowest BCUT2D eigenvalue weighted by Gasteiger charge is -2.21. The van der Waals surface area contributed by atoms with Crippen LogP contribution in [0.15, 0.2) is 4.52 Å². The molecule has 1 N–H and O–H groups in total. The molecule has 0 aromatic carbocycles. The second kappa shape index (κ2) is 6.00. The van der Waals surface area contributed by atoms with Gasteiger partial charge in [-0.2, -0.15) is 4.98 Å². The van der Waals surface area contributed by atoms with Crippen LogP contribution in [0.2, 0.25) is 0 Å². The van der Waals surface area contributed by atoms with Gasteiger partial charge in [0.05, 0.1) is 6.54 Å². The van der Waals surface area contributed by atoms with Crippen molar-refractivity contribution in [3.63, 3.8) is 0 Å². The van der Waals surface area contributed by atoms with E-state index in [-0.39, 0.29) is 17.8 Å². The lowest BCUT2D eigenvalue weighted by atomic mass is 9.96. The molecule has 0 radical (unpaired) electrons. The monoisotopic (exact) mass is 300 g/mol. The second-order valence-electron chi connectivity index (χ2n) is 6.92. The van der Waals surface area contributed by atoms with Gasteiger partial charge in [-0.15, -0.1) is 12.4 Å². The summed E-state index contributed by atoms with van der Waals surface area (Å²) in [7, 11) is 0. The van der Waals surface area contributed by atoms with Crippen LogP contribution in [0.4, 0.5) is 0 Å². The lowest BCUT2D eigenvalue weighted by molar-refractivity contribution is 0.216. The van der Waals surface area contributed by atoms with E-state index in [9.17, 15) is 0 Å². The van der Waals surface area contributed by atoms with Gasteiger partial charge in [0, 0.05) is 30.6 Å². The Hall–Kier alpha value is -0.650. The van der Waals surface area contributed by atoms with Gasteiger partial charge in [-0.1, -0.05) is 25.9 Å². The highest BCUT2D eigenvalue weighted by molar-refractivity contribution is 5.85. The molecular formula is C14H25ClN4O. The molecule has 114 valence electrons. The molecule has 2 aliphatic rings. The summed E-state index contributed by atoms with van der Waals surface area (Å²) in [4.78, 5) is 6.97. The topological polar surface area (TPSA) is 54.2 Å². The number of hydrogen-bond donors (Lipinski definition) is 1. The van der Waals surface area contributed by atoms with Gasteiger partial charge in [0.25, 0.3) is 0 Å². The second-order valence-corrected chi connectivity index (χ2v) is 6.92. The molecule has 2 bridgehead atoms. The molecule has 2 fully saturated rings. The predicted molar refractivity (Wildman–Crippen MR) is 80.1 cm³/mol. The van der Waals surface area contributed by atoms with Crippen LogP contribution in [0.1, 0.15) is 51.7 Å². The molecule has 2 aliphatic heterocycles. The van der Waals surface area contributed by atoms with E-state index in [0.717, 1.165) is 37.4 Å². The molecule has 2 unspecified atom stereocenters. The minimum Gasteiger partial charge on any atom is -0.338 e. The summed E-state index contributed by atoms with van der Waals surface area (Å²) in [6, 6.07) is 1.38. The number of rotatable bonds is 2. The van der Waals surface area contributed by atoms with Crippen molar-refractivity contribution < 1.29 is 4.52 Å². The zero-order chi connectivity index (χ0) is 13.5. The molecule has 0 spiro atoms. The highest BCUT2D eigenvalue weighted by Crippen LogP contribution is 2.22. The van der Waals surface area contributed by atoms with E-state index in [1.807, 2.05) is 0 Å². The van der Waals surface area contributed by atoms with Crippen molar-refractivity contribution in [3.8, 4) is 0 Å². The standard InChI is InChI=1S/C14H24N4O.ClH/c1-14(2,3)13-16-12(19-17-13)9-18-7-6-10-4-5-11(8-18)15-10;/h10-11,15H,4-9H2,1-3H3;1H. The summed E-state index contributed by atoms with van der Waals surface area (Å²) < 4.78 is 5.39. The normalized spacial score (nSPS) is 27.1. The van der Waals surface area contributed by atoms with E-state index in [1.54, 1.807) is 0 Å². The van der Waals surface area contributed by atoms with Gasteiger partial charge in [0.2, 0.25) is 5.89 Å². The summed E-state index contributed by atoms with van der Waals surface area (Å²) >= 11 is 0. The maximum atomic E-state index is 5.39. The quantitative estimate of drug-likeness (QED) is 0.906. The van der Waals surface area contributed by atoms with Crippen molar-refractivity contribution in [2.45, 2.75) is 64.1 Å². The van der Waals surface area contributed by atoms with Crippen molar-refractivity contribution in [3.05, 3.63) is 11.7 Å². The van der Waals surface area contributed by atoms with Gasteiger partial charge in [0.15, 0.2) is 5.82 Å². The highest BCUT2D eigenvalue weighted by Gasteiger charge is 2.30. The Morgan fingerprint density at radius 3 is 2.70 bits per heavy atom. The van der Waals surface area contributed by atoms with Gasteiger partial charge in [-0.25, -0.2) is 0 Å². The Bertz CT molecular complexity index is 443. The fourth-order valence-corrected chi connectivity index (χ4v) is 2.97. The van der Waals surface area contributed by atoms with Crippen molar-refractivity contribution in [2.75, 3.05) is 13.1 Å². The fraction of sp³-hybridized carbons (Fsp3) is 0.857. The molecule has 20 heavy (non-hydrogen) atoms. The smallest absolute Gasteiger partial charge is 0.240 e. The van der Waals surface area contributed by atoms with Gasteiger partial charge in [-0.3, -0.25) is 4.90 Å². The predicted octanol–water partition coefficient (Wildman–Crippen LogP) is 2.12. The van der Waals surface area contributed by atoms with Gasteiger partial charge in [-0.05, 0) is 19.3 Å². The molecule has 2 atom stereocenters. The van der Waals surface area contributed by atoms with Crippen LogP contribution < -0.4 is 5.32 Å². The Balaban J connectivity index is 0.00000147. The van der Waals surface area contributed by atoms with Crippen LogP contribution in [0, 0.1) is 0 Å². The van der Waals surface area contributed by atoms with Crippen molar-refractivity contribution in [1.29, 1.82) is 0 Å². The average Bonchev–Trinajstić information content (AvgIpc) is 2.88. The minimum atomic E-state index is -0.0405. The zero-order valence-corrected chi connectivity index (χ0v) is 13.4. The largest absolute Gasteiger partial charge is 0.338 e. The zero-order valence-electron chi connectivity index (χ0n) is 12.6. The number of aromatic nitrogens is 2. The molecule has 5 nitrogen and oxygen atoms in total. The molecule has 3 heterocycles. The van der Waals surface area contributed by atoms with E-state index in [4.69, 9.17) is 4.52 Å². The van der Waals surface area contributed by atoms with E-state index in [0.29, 0.717) is 6.04 Å². The number of likely N-dealkylation sites (tertiary alicyclic amines) is 1. The first-order chi connectivity index (χ1) is 9.00. The lowest BCUT2D eigenvalue weighted by Crippen LogP contribution is -2.35. The van der Waals surface area contributed by atoms with Crippen LogP contribution in [0.3, 0.4) is 0 Å². The summed E-state index contributed by atoms with van der Waals surface area (Å²) in [5, 5.41) is 7.79. The first-order valence-corrected chi connectivity index (χ1v) is 7.32. The molecule has 0 saturated carbocycles. The van der Waals surface area contributed by atoms with E-state index < -0.39 is 0 Å². The minimum absolute atomic E-state index is 0. The molecule has 0 aliphatic carbocycles. The van der Waals surface area contributed by atoms with Crippen molar-refractivity contribution in [2.24, 2.45) is 0 Å². The fourth-order valence-electron chi connectivity index (χ4n) is 2.97.